The SMILES string of the molecule is CN(CC(=O)NC(Cc1ccccc1)c1ccccc1)CC(C)(C)O. The van der Waals surface area contributed by atoms with Crippen LogP contribution in [0.2, 0.25) is 0 Å². The highest BCUT2D eigenvalue weighted by Gasteiger charge is 2.20. The monoisotopic (exact) mass is 340 g/mol. The minimum atomic E-state index is -0.822. The predicted molar refractivity (Wildman–Crippen MR) is 101 cm³/mol. The van der Waals surface area contributed by atoms with Crippen LogP contribution in [0, 0.1) is 0 Å². The number of likely N-dealkylation sites (N-methyl/N-ethyl adjacent to an activating group) is 1. The highest BCUT2D eigenvalue weighted by Crippen LogP contribution is 2.18. The maximum absolute atomic E-state index is 12.5. The van der Waals surface area contributed by atoms with E-state index in [9.17, 15) is 9.90 Å². The standard InChI is InChI=1S/C21H28N2O2/c1-21(2,25)16-23(3)15-20(24)22-19(18-12-8-5-9-13-18)14-17-10-6-4-7-11-17/h4-13,19,25H,14-16H2,1-3H3,(H,22,24). The van der Waals surface area contributed by atoms with Crippen molar-refractivity contribution >= 4 is 5.91 Å². The van der Waals surface area contributed by atoms with Crippen LogP contribution < -0.4 is 5.32 Å². The lowest BCUT2D eigenvalue weighted by atomic mass is 9.99. The van der Waals surface area contributed by atoms with Crippen molar-refractivity contribution in [3.63, 3.8) is 0 Å². The van der Waals surface area contributed by atoms with Gasteiger partial charge >= 0.3 is 0 Å². The molecule has 4 nitrogen and oxygen atoms in total. The Morgan fingerprint density at radius 2 is 1.64 bits per heavy atom. The maximum atomic E-state index is 12.5. The van der Waals surface area contributed by atoms with Gasteiger partial charge in [-0.05, 0) is 38.4 Å². The van der Waals surface area contributed by atoms with Crippen molar-refractivity contribution in [1.82, 2.24) is 10.2 Å². The van der Waals surface area contributed by atoms with Crippen molar-refractivity contribution in [1.29, 1.82) is 0 Å². The minimum absolute atomic E-state index is 0.0449. The van der Waals surface area contributed by atoms with E-state index in [2.05, 4.69) is 17.4 Å². The van der Waals surface area contributed by atoms with Crippen molar-refractivity contribution in [3.05, 3.63) is 71.8 Å². The molecule has 1 unspecified atom stereocenters. The summed E-state index contributed by atoms with van der Waals surface area (Å²) in [5.41, 5.74) is 1.45. The van der Waals surface area contributed by atoms with Crippen LogP contribution in [0.25, 0.3) is 0 Å². The fraction of sp³-hybridized carbons (Fsp3) is 0.381. The van der Waals surface area contributed by atoms with Gasteiger partial charge in [-0.1, -0.05) is 60.7 Å². The van der Waals surface area contributed by atoms with Crippen molar-refractivity contribution < 1.29 is 9.90 Å². The first-order valence-corrected chi connectivity index (χ1v) is 8.63. The van der Waals surface area contributed by atoms with Gasteiger partial charge in [0, 0.05) is 6.54 Å². The molecule has 25 heavy (non-hydrogen) atoms. The van der Waals surface area contributed by atoms with Gasteiger partial charge in [0.1, 0.15) is 0 Å². The number of nitrogens with zero attached hydrogens (tertiary/aromatic N) is 1. The number of hydrogen-bond acceptors (Lipinski definition) is 3. The largest absolute Gasteiger partial charge is 0.389 e. The number of carbonyl (C=O) groups excluding carboxylic acids is 1. The molecule has 0 radical (unpaired) electrons. The van der Waals surface area contributed by atoms with Gasteiger partial charge in [0.15, 0.2) is 0 Å². The Morgan fingerprint density at radius 3 is 2.20 bits per heavy atom. The second kappa shape index (κ2) is 8.79. The second-order valence-electron chi connectivity index (χ2n) is 7.21. The molecule has 0 aliphatic rings. The molecule has 1 atom stereocenters. The molecule has 0 aromatic heterocycles. The molecular weight excluding hydrogens is 312 g/mol. The number of benzene rings is 2. The average molecular weight is 340 g/mol. The number of carbonyl (C=O) groups is 1. The molecule has 0 heterocycles. The summed E-state index contributed by atoms with van der Waals surface area (Å²) < 4.78 is 0. The van der Waals surface area contributed by atoms with Gasteiger partial charge in [-0.2, -0.15) is 0 Å². The molecular formula is C21H28N2O2. The molecule has 2 aromatic carbocycles. The summed E-state index contributed by atoms with van der Waals surface area (Å²) in [6.07, 6.45) is 0.742. The molecule has 2 N–H and O–H groups in total. The van der Waals surface area contributed by atoms with E-state index in [1.54, 1.807) is 13.8 Å². The van der Waals surface area contributed by atoms with Crippen LogP contribution in [0.3, 0.4) is 0 Å². The minimum Gasteiger partial charge on any atom is -0.389 e. The van der Waals surface area contributed by atoms with Crippen molar-refractivity contribution in [2.75, 3.05) is 20.1 Å². The smallest absolute Gasteiger partial charge is 0.234 e. The van der Waals surface area contributed by atoms with E-state index in [0.29, 0.717) is 6.54 Å². The maximum Gasteiger partial charge on any atom is 0.234 e. The fourth-order valence-corrected chi connectivity index (χ4v) is 2.99. The van der Waals surface area contributed by atoms with Gasteiger partial charge < -0.3 is 10.4 Å². The lowest BCUT2D eigenvalue weighted by Gasteiger charge is -2.26. The number of hydrogen-bond donors (Lipinski definition) is 2. The van der Waals surface area contributed by atoms with E-state index >= 15 is 0 Å². The van der Waals surface area contributed by atoms with Crippen LogP contribution in [0.4, 0.5) is 0 Å². The van der Waals surface area contributed by atoms with Crippen LogP contribution in [0.5, 0.6) is 0 Å². The van der Waals surface area contributed by atoms with E-state index in [1.165, 1.54) is 5.56 Å². The van der Waals surface area contributed by atoms with Gasteiger partial charge in [-0.3, -0.25) is 9.69 Å². The summed E-state index contributed by atoms with van der Waals surface area (Å²) in [5, 5.41) is 13.0. The van der Waals surface area contributed by atoms with E-state index in [4.69, 9.17) is 0 Å². The van der Waals surface area contributed by atoms with E-state index < -0.39 is 5.60 Å². The van der Waals surface area contributed by atoms with Gasteiger partial charge in [-0.15, -0.1) is 0 Å². The zero-order valence-electron chi connectivity index (χ0n) is 15.3. The van der Waals surface area contributed by atoms with Crippen molar-refractivity contribution in [2.24, 2.45) is 0 Å². The first kappa shape index (κ1) is 19.2. The number of nitrogens with one attached hydrogen (secondary N) is 1. The third kappa shape index (κ3) is 7.08. The van der Waals surface area contributed by atoms with Gasteiger partial charge in [-0.25, -0.2) is 0 Å². The molecule has 0 aliphatic carbocycles. The Bertz CT molecular complexity index is 651. The summed E-state index contributed by atoms with van der Waals surface area (Å²) in [5.74, 6) is -0.0449. The van der Waals surface area contributed by atoms with Crippen LogP contribution in [0.1, 0.15) is 31.0 Å². The Labute approximate surface area is 150 Å². The zero-order chi connectivity index (χ0) is 18.3. The Kier molecular flexibility index (Phi) is 6.73. The summed E-state index contributed by atoms with van der Waals surface area (Å²) >= 11 is 0. The normalized spacial score (nSPS) is 12.8. The highest BCUT2D eigenvalue weighted by atomic mass is 16.3. The van der Waals surface area contributed by atoms with Crippen molar-refractivity contribution in [2.45, 2.75) is 31.9 Å². The number of amides is 1. The molecule has 0 saturated carbocycles. The topological polar surface area (TPSA) is 52.6 Å². The molecule has 2 aromatic rings. The van der Waals surface area contributed by atoms with Crippen LogP contribution >= 0.6 is 0 Å². The van der Waals surface area contributed by atoms with Crippen LogP contribution in [-0.4, -0.2) is 41.7 Å². The Morgan fingerprint density at radius 1 is 1.08 bits per heavy atom. The summed E-state index contributed by atoms with van der Waals surface area (Å²) in [4.78, 5) is 14.3. The Balaban J connectivity index is 2.04. The quantitative estimate of drug-likeness (QED) is 0.777. The van der Waals surface area contributed by atoms with Crippen LogP contribution in [0.15, 0.2) is 60.7 Å². The van der Waals surface area contributed by atoms with Gasteiger partial charge in [0.25, 0.3) is 0 Å². The number of rotatable bonds is 8. The first-order valence-electron chi connectivity index (χ1n) is 8.63. The van der Waals surface area contributed by atoms with Gasteiger partial charge in [0.2, 0.25) is 5.91 Å². The molecule has 0 spiro atoms. The molecule has 2 rings (SSSR count). The molecule has 0 fully saturated rings. The second-order valence-corrected chi connectivity index (χ2v) is 7.21. The van der Waals surface area contributed by atoms with E-state index in [0.717, 1.165) is 12.0 Å². The molecule has 0 saturated heterocycles. The molecule has 0 bridgehead atoms. The molecule has 4 heteroatoms. The summed E-state index contributed by atoms with van der Waals surface area (Å²) in [6.45, 7) is 4.17. The summed E-state index contributed by atoms with van der Waals surface area (Å²) in [6, 6.07) is 20.1. The fourth-order valence-electron chi connectivity index (χ4n) is 2.99. The first-order chi connectivity index (χ1) is 11.8. The lowest BCUT2D eigenvalue weighted by Crippen LogP contribution is -2.43. The van der Waals surface area contributed by atoms with Crippen molar-refractivity contribution in [3.8, 4) is 0 Å². The molecule has 134 valence electrons. The summed E-state index contributed by atoms with van der Waals surface area (Å²) in [7, 11) is 1.84. The Hall–Kier alpha value is -2.17. The molecule has 0 aliphatic heterocycles. The average Bonchev–Trinajstić information content (AvgIpc) is 2.54. The lowest BCUT2D eigenvalue weighted by molar-refractivity contribution is -0.123. The predicted octanol–water partition coefficient (Wildman–Crippen LogP) is 2.79. The van der Waals surface area contributed by atoms with Gasteiger partial charge in [0.05, 0.1) is 18.2 Å². The molecule has 1 amide bonds. The third-order valence-corrected chi connectivity index (χ3v) is 3.89. The third-order valence-electron chi connectivity index (χ3n) is 3.89. The van der Waals surface area contributed by atoms with E-state index in [-0.39, 0.29) is 18.5 Å². The number of aliphatic hydroxyl groups is 1. The zero-order valence-corrected chi connectivity index (χ0v) is 15.3. The van der Waals surface area contributed by atoms with E-state index in [1.807, 2.05) is 60.5 Å². The highest BCUT2D eigenvalue weighted by molar-refractivity contribution is 5.78. The van der Waals surface area contributed by atoms with Crippen LogP contribution in [-0.2, 0) is 11.2 Å².